The van der Waals surface area contributed by atoms with Crippen LogP contribution in [0.1, 0.15) is 6.42 Å². The van der Waals surface area contributed by atoms with E-state index in [-0.39, 0.29) is 18.3 Å². The zero-order valence-electron chi connectivity index (χ0n) is 10.6. The first-order chi connectivity index (χ1) is 9.06. The summed E-state index contributed by atoms with van der Waals surface area (Å²) < 4.78 is 10.4. The van der Waals surface area contributed by atoms with E-state index in [4.69, 9.17) is 4.74 Å². The van der Waals surface area contributed by atoms with Gasteiger partial charge < -0.3 is 14.4 Å². The molecule has 0 aliphatic carbocycles. The lowest BCUT2D eigenvalue weighted by Crippen LogP contribution is -2.26. The first-order valence-electron chi connectivity index (χ1n) is 5.64. The highest BCUT2D eigenvalue weighted by atomic mass is 79.9. The molecule has 1 saturated heterocycles. The quantitative estimate of drug-likeness (QED) is 0.784. The lowest BCUT2D eigenvalue weighted by Gasteiger charge is -2.18. The second-order valence-electron chi connectivity index (χ2n) is 4.11. The minimum absolute atomic E-state index is 0.121. The van der Waals surface area contributed by atoms with Gasteiger partial charge in [0.2, 0.25) is 11.8 Å². The molecule has 0 spiro atoms. The molecule has 1 atom stereocenters. The molecule has 0 saturated carbocycles. The van der Waals surface area contributed by atoms with Crippen molar-refractivity contribution in [1.82, 2.24) is 4.98 Å². The molecule has 1 aliphatic heterocycles. The summed E-state index contributed by atoms with van der Waals surface area (Å²) in [5.74, 6) is -0.506. The Morgan fingerprint density at radius 2 is 2.26 bits per heavy atom. The van der Waals surface area contributed by atoms with Crippen molar-refractivity contribution in [1.29, 1.82) is 0 Å². The summed E-state index contributed by atoms with van der Waals surface area (Å²) in [5.41, 5.74) is 0.642. The maximum absolute atomic E-state index is 12.0. The summed E-state index contributed by atoms with van der Waals surface area (Å²) in [4.78, 5) is 29.1. The predicted octanol–water partition coefficient (Wildman–Crippen LogP) is 1.38. The second kappa shape index (κ2) is 5.56. The number of anilines is 1. The minimum Gasteiger partial charge on any atom is -0.481 e. The van der Waals surface area contributed by atoms with Crippen molar-refractivity contribution >= 4 is 33.5 Å². The van der Waals surface area contributed by atoms with Crippen LogP contribution in [0, 0.1) is 5.92 Å². The lowest BCUT2D eigenvalue weighted by atomic mass is 10.1. The molecule has 1 aromatic heterocycles. The molecule has 7 heteroatoms. The van der Waals surface area contributed by atoms with Gasteiger partial charge in [0.05, 0.1) is 30.3 Å². The van der Waals surface area contributed by atoms with Gasteiger partial charge in [-0.15, -0.1) is 0 Å². The van der Waals surface area contributed by atoms with Crippen molar-refractivity contribution in [2.75, 3.05) is 25.7 Å². The summed E-state index contributed by atoms with van der Waals surface area (Å²) >= 11 is 3.34. The van der Waals surface area contributed by atoms with E-state index in [2.05, 4.69) is 25.7 Å². The van der Waals surface area contributed by atoms with Gasteiger partial charge in [-0.25, -0.2) is 4.98 Å². The number of esters is 1. The molecule has 0 bridgehead atoms. The Labute approximate surface area is 118 Å². The Hall–Kier alpha value is -1.63. The second-order valence-corrected chi connectivity index (χ2v) is 4.96. The van der Waals surface area contributed by atoms with E-state index in [0.717, 1.165) is 0 Å². The van der Waals surface area contributed by atoms with Crippen LogP contribution < -0.4 is 9.64 Å². The largest absolute Gasteiger partial charge is 0.481 e. The number of amides is 1. The molecule has 6 nitrogen and oxygen atoms in total. The number of carbonyl (C=O) groups excluding carboxylic acids is 2. The molecule has 1 unspecified atom stereocenters. The Morgan fingerprint density at radius 3 is 2.89 bits per heavy atom. The highest BCUT2D eigenvalue weighted by molar-refractivity contribution is 9.10. The highest BCUT2D eigenvalue weighted by Crippen LogP contribution is 2.33. The van der Waals surface area contributed by atoms with Gasteiger partial charge in [0.25, 0.3) is 0 Å². The van der Waals surface area contributed by atoms with Crippen LogP contribution in [0.25, 0.3) is 0 Å². The van der Waals surface area contributed by atoms with Gasteiger partial charge in [0, 0.05) is 25.2 Å². The van der Waals surface area contributed by atoms with Gasteiger partial charge in [-0.05, 0) is 15.9 Å². The first kappa shape index (κ1) is 13.8. The molecule has 1 aromatic rings. The molecule has 2 rings (SSSR count). The Morgan fingerprint density at radius 1 is 1.53 bits per heavy atom. The Bertz CT molecular complexity index is 520. The van der Waals surface area contributed by atoms with Crippen LogP contribution in [0.15, 0.2) is 16.7 Å². The van der Waals surface area contributed by atoms with Crippen molar-refractivity contribution in [2.24, 2.45) is 5.92 Å². The lowest BCUT2D eigenvalue weighted by molar-refractivity contribution is -0.145. The fourth-order valence-electron chi connectivity index (χ4n) is 1.99. The SMILES string of the molecule is COC(=O)C1CC(=O)N(c2cc(OC)ncc2Br)C1. The van der Waals surface area contributed by atoms with Crippen LogP contribution >= 0.6 is 15.9 Å². The van der Waals surface area contributed by atoms with Crippen molar-refractivity contribution in [2.45, 2.75) is 6.42 Å². The highest BCUT2D eigenvalue weighted by Gasteiger charge is 2.36. The van der Waals surface area contributed by atoms with Crippen LogP contribution in [0.2, 0.25) is 0 Å². The van der Waals surface area contributed by atoms with Gasteiger partial charge >= 0.3 is 5.97 Å². The van der Waals surface area contributed by atoms with Crippen LogP contribution in [0.4, 0.5) is 5.69 Å². The monoisotopic (exact) mass is 328 g/mol. The third-order valence-corrected chi connectivity index (χ3v) is 3.58. The van der Waals surface area contributed by atoms with Gasteiger partial charge in [-0.1, -0.05) is 0 Å². The summed E-state index contributed by atoms with van der Waals surface area (Å²) in [6.45, 7) is 0.303. The number of rotatable bonds is 3. The maximum atomic E-state index is 12.0. The topological polar surface area (TPSA) is 68.7 Å². The third kappa shape index (κ3) is 2.70. The average Bonchev–Trinajstić information content (AvgIpc) is 2.80. The summed E-state index contributed by atoms with van der Waals surface area (Å²) in [5, 5.41) is 0. The molecular formula is C12H13BrN2O4. The van der Waals surface area contributed by atoms with Crippen LogP contribution in [0.5, 0.6) is 5.88 Å². The number of halogens is 1. The van der Waals surface area contributed by atoms with Crippen molar-refractivity contribution in [3.05, 3.63) is 16.7 Å². The van der Waals surface area contributed by atoms with E-state index in [1.54, 1.807) is 12.3 Å². The molecule has 2 heterocycles. The zero-order chi connectivity index (χ0) is 14.0. The normalized spacial score (nSPS) is 18.6. The molecule has 0 aromatic carbocycles. The number of pyridine rings is 1. The number of hydrogen-bond acceptors (Lipinski definition) is 5. The van der Waals surface area contributed by atoms with Gasteiger partial charge in [-0.2, -0.15) is 0 Å². The smallest absolute Gasteiger partial charge is 0.311 e. The fourth-order valence-corrected chi connectivity index (χ4v) is 2.42. The van der Waals surface area contributed by atoms with Crippen molar-refractivity contribution in [3.8, 4) is 5.88 Å². The number of hydrogen-bond donors (Lipinski definition) is 0. The molecule has 102 valence electrons. The van der Waals surface area contributed by atoms with E-state index in [9.17, 15) is 9.59 Å². The number of ether oxygens (including phenoxy) is 2. The molecule has 1 amide bonds. The molecule has 1 aliphatic rings. The molecular weight excluding hydrogens is 316 g/mol. The average molecular weight is 329 g/mol. The molecule has 0 N–H and O–H groups in total. The molecule has 0 radical (unpaired) electrons. The zero-order valence-corrected chi connectivity index (χ0v) is 12.1. The third-order valence-electron chi connectivity index (χ3n) is 2.97. The Balaban J connectivity index is 2.27. The first-order valence-corrected chi connectivity index (χ1v) is 6.43. The predicted molar refractivity (Wildman–Crippen MR) is 71.0 cm³/mol. The number of carbonyl (C=O) groups is 2. The Kier molecular flexibility index (Phi) is 4.04. The van der Waals surface area contributed by atoms with Crippen molar-refractivity contribution in [3.63, 3.8) is 0 Å². The van der Waals surface area contributed by atoms with E-state index in [0.29, 0.717) is 22.6 Å². The van der Waals surface area contributed by atoms with Crippen molar-refractivity contribution < 1.29 is 19.1 Å². The number of methoxy groups -OCH3 is 2. The van der Waals surface area contributed by atoms with Gasteiger partial charge in [0.1, 0.15) is 0 Å². The standard InChI is InChI=1S/C12H13BrN2O4/c1-18-10-4-9(8(13)5-14-10)15-6-7(3-11(15)16)12(17)19-2/h4-5,7H,3,6H2,1-2H3. The minimum atomic E-state index is -0.427. The van der Waals surface area contributed by atoms with Crippen LogP contribution in [0.3, 0.4) is 0 Å². The maximum Gasteiger partial charge on any atom is 0.311 e. The number of nitrogens with zero attached hydrogens (tertiary/aromatic N) is 2. The van der Waals surface area contributed by atoms with E-state index >= 15 is 0 Å². The van der Waals surface area contributed by atoms with Crippen LogP contribution in [-0.4, -0.2) is 37.6 Å². The molecule has 19 heavy (non-hydrogen) atoms. The fraction of sp³-hybridized carbons (Fsp3) is 0.417. The van der Waals surface area contributed by atoms with Crippen LogP contribution in [-0.2, 0) is 14.3 Å². The van der Waals surface area contributed by atoms with E-state index in [1.165, 1.54) is 19.1 Å². The molecule has 1 fully saturated rings. The summed E-state index contributed by atoms with van der Waals surface area (Å²) in [7, 11) is 2.82. The van der Waals surface area contributed by atoms with Gasteiger partial charge in [0.15, 0.2) is 0 Å². The summed E-state index contributed by atoms with van der Waals surface area (Å²) in [6.07, 6.45) is 1.72. The van der Waals surface area contributed by atoms with E-state index in [1.807, 2.05) is 0 Å². The van der Waals surface area contributed by atoms with E-state index < -0.39 is 5.92 Å². The number of aromatic nitrogens is 1. The summed E-state index contributed by atoms with van der Waals surface area (Å²) in [6, 6.07) is 1.65. The van der Waals surface area contributed by atoms with Gasteiger partial charge in [-0.3, -0.25) is 9.59 Å².